The minimum absolute atomic E-state index is 0.578. The van der Waals surface area contributed by atoms with E-state index < -0.39 is 0 Å². The van der Waals surface area contributed by atoms with Gasteiger partial charge in [-0.2, -0.15) is 0 Å². The van der Waals surface area contributed by atoms with Gasteiger partial charge in [-0.05, 0) is 44.5 Å². The second-order valence-corrected chi connectivity index (χ2v) is 5.66. The zero-order valence-electron chi connectivity index (χ0n) is 14.2. The van der Waals surface area contributed by atoms with Crippen LogP contribution in [0, 0.1) is 13.8 Å². The summed E-state index contributed by atoms with van der Waals surface area (Å²) in [6.45, 7) is 6.58. The number of rotatable bonds is 5. The van der Waals surface area contributed by atoms with Crippen LogP contribution in [0.3, 0.4) is 0 Å². The molecule has 0 spiro atoms. The molecule has 0 radical (unpaired) electrons. The van der Waals surface area contributed by atoms with E-state index in [-0.39, 0.29) is 0 Å². The van der Waals surface area contributed by atoms with Gasteiger partial charge in [0.25, 0.3) is 0 Å². The molecule has 0 fully saturated rings. The van der Waals surface area contributed by atoms with Gasteiger partial charge in [0.1, 0.15) is 5.82 Å². The quantitative estimate of drug-likeness (QED) is 0.726. The Kier molecular flexibility index (Phi) is 4.75. The summed E-state index contributed by atoms with van der Waals surface area (Å²) in [6.07, 6.45) is 1.85. The molecule has 2 heterocycles. The molecule has 24 heavy (non-hydrogen) atoms. The van der Waals surface area contributed by atoms with Crippen molar-refractivity contribution < 1.29 is 4.74 Å². The van der Waals surface area contributed by atoms with Crippen molar-refractivity contribution in [1.82, 2.24) is 9.97 Å². The Morgan fingerprint density at radius 1 is 1.00 bits per heavy atom. The average Bonchev–Trinajstić information content (AvgIpc) is 2.57. The fourth-order valence-corrected chi connectivity index (χ4v) is 2.44. The number of hydrogen-bond donors (Lipinski definition) is 1. The first kappa shape index (κ1) is 16.0. The zero-order valence-corrected chi connectivity index (χ0v) is 14.2. The van der Waals surface area contributed by atoms with Gasteiger partial charge in [-0.1, -0.05) is 35.9 Å². The van der Waals surface area contributed by atoms with Crippen LogP contribution < -0.4 is 10.1 Å². The summed E-state index contributed by atoms with van der Waals surface area (Å²) in [6, 6.07) is 16.2. The maximum Gasteiger partial charge on any atom is 0.174 e. The molecule has 0 bridgehead atoms. The van der Waals surface area contributed by atoms with E-state index in [0.29, 0.717) is 12.4 Å². The Balaban J connectivity index is 1.93. The normalized spacial score (nSPS) is 10.5. The predicted molar refractivity (Wildman–Crippen MR) is 97.8 cm³/mol. The number of hydrogen-bond acceptors (Lipinski definition) is 4. The van der Waals surface area contributed by atoms with Crippen molar-refractivity contribution in [3.05, 3.63) is 66.0 Å². The van der Waals surface area contributed by atoms with Crippen molar-refractivity contribution in [2.24, 2.45) is 0 Å². The lowest BCUT2D eigenvalue weighted by atomic mass is 10.1. The predicted octanol–water partition coefficient (Wildman–Crippen LogP) is 4.90. The highest BCUT2D eigenvalue weighted by Gasteiger charge is 2.09. The van der Waals surface area contributed by atoms with Crippen LogP contribution in [0.25, 0.3) is 11.1 Å². The van der Waals surface area contributed by atoms with Crippen molar-refractivity contribution in [3.63, 3.8) is 0 Å². The number of nitrogens with zero attached hydrogens (tertiary/aromatic N) is 2. The van der Waals surface area contributed by atoms with E-state index in [4.69, 9.17) is 4.74 Å². The largest absolute Gasteiger partial charge is 0.490 e. The summed E-state index contributed by atoms with van der Waals surface area (Å²) in [7, 11) is 0. The van der Waals surface area contributed by atoms with E-state index >= 15 is 0 Å². The summed E-state index contributed by atoms with van der Waals surface area (Å²) in [5.41, 5.74) is 4.34. The van der Waals surface area contributed by atoms with Crippen LogP contribution in [0.5, 0.6) is 5.75 Å². The molecule has 0 aliphatic heterocycles. The van der Waals surface area contributed by atoms with Gasteiger partial charge < -0.3 is 10.1 Å². The lowest BCUT2D eigenvalue weighted by Crippen LogP contribution is -2.02. The van der Waals surface area contributed by atoms with Crippen LogP contribution in [-0.4, -0.2) is 16.6 Å². The van der Waals surface area contributed by atoms with Gasteiger partial charge in [0.05, 0.1) is 6.61 Å². The maximum absolute atomic E-state index is 5.77. The Hall–Kier alpha value is -2.88. The molecular formula is C20H21N3O. The first-order valence-corrected chi connectivity index (χ1v) is 8.06. The molecule has 0 aliphatic carbocycles. The van der Waals surface area contributed by atoms with Crippen molar-refractivity contribution >= 4 is 11.6 Å². The summed E-state index contributed by atoms with van der Waals surface area (Å²) in [5.74, 6) is 2.15. The van der Waals surface area contributed by atoms with E-state index in [9.17, 15) is 0 Å². The molecule has 1 N–H and O–H groups in total. The van der Waals surface area contributed by atoms with Crippen LogP contribution in [0.1, 0.15) is 18.2 Å². The first-order chi connectivity index (χ1) is 11.7. The smallest absolute Gasteiger partial charge is 0.174 e. The fraction of sp³-hybridized carbons (Fsp3) is 0.200. The molecule has 3 aromatic rings. The van der Waals surface area contributed by atoms with Crippen LogP contribution in [0.15, 0.2) is 54.7 Å². The number of anilines is 2. The van der Waals surface area contributed by atoms with E-state index in [2.05, 4.69) is 46.5 Å². The second-order valence-electron chi connectivity index (χ2n) is 5.66. The molecule has 0 saturated carbocycles. The lowest BCUT2D eigenvalue weighted by molar-refractivity contribution is 0.341. The van der Waals surface area contributed by atoms with Crippen molar-refractivity contribution in [3.8, 4) is 16.9 Å². The topological polar surface area (TPSA) is 47.0 Å². The molecule has 4 heteroatoms. The molecular weight excluding hydrogens is 298 g/mol. The first-order valence-electron chi connectivity index (χ1n) is 8.06. The van der Waals surface area contributed by atoms with Crippen molar-refractivity contribution in [2.75, 3.05) is 11.9 Å². The SMILES string of the molecule is CCOc1cc(-c2ccc(C)cc2)cnc1Nc1cccc(C)n1. The van der Waals surface area contributed by atoms with Gasteiger partial charge in [-0.25, -0.2) is 9.97 Å². The summed E-state index contributed by atoms with van der Waals surface area (Å²) >= 11 is 0. The minimum Gasteiger partial charge on any atom is -0.490 e. The Labute approximate surface area is 142 Å². The van der Waals surface area contributed by atoms with Crippen LogP contribution in [-0.2, 0) is 0 Å². The highest BCUT2D eigenvalue weighted by atomic mass is 16.5. The molecule has 1 aromatic carbocycles. The number of benzene rings is 1. The van der Waals surface area contributed by atoms with E-state index in [0.717, 1.165) is 28.4 Å². The maximum atomic E-state index is 5.77. The van der Waals surface area contributed by atoms with Gasteiger partial charge in [-0.3, -0.25) is 0 Å². The Morgan fingerprint density at radius 2 is 1.79 bits per heavy atom. The van der Waals surface area contributed by atoms with Crippen LogP contribution >= 0.6 is 0 Å². The van der Waals surface area contributed by atoms with Crippen molar-refractivity contribution in [2.45, 2.75) is 20.8 Å². The highest BCUT2D eigenvalue weighted by molar-refractivity contribution is 5.69. The number of nitrogens with one attached hydrogen (secondary N) is 1. The zero-order chi connectivity index (χ0) is 16.9. The number of ether oxygens (including phenoxy) is 1. The molecule has 0 aliphatic rings. The van der Waals surface area contributed by atoms with Crippen LogP contribution in [0.2, 0.25) is 0 Å². The molecule has 3 rings (SSSR count). The molecule has 0 unspecified atom stereocenters. The standard InChI is InChI=1S/C20H21N3O/c1-4-24-18-12-17(16-10-8-14(2)9-11-16)13-21-20(18)23-19-7-5-6-15(3)22-19/h5-13H,4H2,1-3H3,(H,21,22,23). The highest BCUT2D eigenvalue weighted by Crippen LogP contribution is 2.30. The van der Waals surface area contributed by atoms with Gasteiger partial charge >= 0.3 is 0 Å². The van der Waals surface area contributed by atoms with E-state index in [1.807, 2.05) is 44.3 Å². The Morgan fingerprint density at radius 3 is 2.50 bits per heavy atom. The van der Waals surface area contributed by atoms with Gasteiger partial charge in [0.2, 0.25) is 0 Å². The molecule has 0 amide bonds. The average molecular weight is 319 g/mol. The summed E-state index contributed by atoms with van der Waals surface area (Å²) in [4.78, 5) is 9.00. The summed E-state index contributed by atoms with van der Waals surface area (Å²) in [5, 5.41) is 3.24. The number of pyridine rings is 2. The Bertz CT molecular complexity index is 829. The second kappa shape index (κ2) is 7.13. The fourth-order valence-electron chi connectivity index (χ4n) is 2.44. The molecule has 122 valence electrons. The van der Waals surface area contributed by atoms with E-state index in [1.165, 1.54) is 5.56 Å². The molecule has 0 atom stereocenters. The molecule has 0 saturated heterocycles. The monoisotopic (exact) mass is 319 g/mol. The third kappa shape index (κ3) is 3.71. The summed E-state index contributed by atoms with van der Waals surface area (Å²) < 4.78 is 5.77. The molecule has 2 aromatic heterocycles. The van der Waals surface area contributed by atoms with Gasteiger partial charge in [0.15, 0.2) is 11.6 Å². The minimum atomic E-state index is 0.578. The van der Waals surface area contributed by atoms with Crippen molar-refractivity contribution in [1.29, 1.82) is 0 Å². The lowest BCUT2D eigenvalue weighted by Gasteiger charge is -2.13. The van der Waals surface area contributed by atoms with Gasteiger partial charge in [-0.15, -0.1) is 0 Å². The third-order valence-corrected chi connectivity index (χ3v) is 3.67. The van der Waals surface area contributed by atoms with Gasteiger partial charge in [0, 0.05) is 17.5 Å². The number of aryl methyl sites for hydroxylation is 2. The number of aromatic nitrogens is 2. The van der Waals surface area contributed by atoms with E-state index in [1.54, 1.807) is 0 Å². The molecule has 4 nitrogen and oxygen atoms in total. The van der Waals surface area contributed by atoms with Crippen LogP contribution in [0.4, 0.5) is 11.6 Å². The third-order valence-electron chi connectivity index (χ3n) is 3.67.